The Morgan fingerprint density at radius 1 is 1.37 bits per heavy atom. The Morgan fingerprint density at radius 2 is 2.11 bits per heavy atom. The number of phenols is 1. The average molecular weight is 266 g/mol. The van der Waals surface area contributed by atoms with Gasteiger partial charge in [0.05, 0.1) is 0 Å². The van der Waals surface area contributed by atoms with E-state index in [4.69, 9.17) is 5.11 Å². The fourth-order valence-corrected chi connectivity index (χ4v) is 1.63. The number of carbonyl (C=O) groups excluding carboxylic acids is 1. The van der Waals surface area contributed by atoms with Crippen LogP contribution in [-0.2, 0) is 4.79 Å². The number of anilines is 1. The lowest BCUT2D eigenvalue weighted by molar-refractivity contribution is -0.137. The Hall–Kier alpha value is -2.24. The maximum atomic E-state index is 11.9. The molecule has 0 spiro atoms. The van der Waals surface area contributed by atoms with Crippen LogP contribution in [0.3, 0.4) is 0 Å². The molecule has 6 nitrogen and oxygen atoms in total. The van der Waals surface area contributed by atoms with Gasteiger partial charge in [-0.05, 0) is 25.5 Å². The lowest BCUT2D eigenvalue weighted by Crippen LogP contribution is -2.40. The summed E-state index contributed by atoms with van der Waals surface area (Å²) in [7, 11) is 0. The molecule has 1 aromatic rings. The summed E-state index contributed by atoms with van der Waals surface area (Å²) in [5.74, 6) is -0.788. The van der Waals surface area contributed by atoms with Crippen LogP contribution in [0.25, 0.3) is 0 Å². The first-order valence-corrected chi connectivity index (χ1v) is 6.10. The first-order chi connectivity index (χ1) is 9.04. The van der Waals surface area contributed by atoms with Gasteiger partial charge in [0, 0.05) is 31.3 Å². The Labute approximate surface area is 111 Å². The zero-order valence-electron chi connectivity index (χ0n) is 10.8. The second-order valence-electron chi connectivity index (χ2n) is 3.99. The third kappa shape index (κ3) is 4.87. The van der Waals surface area contributed by atoms with Crippen molar-refractivity contribution in [1.82, 2.24) is 5.32 Å². The van der Waals surface area contributed by atoms with Gasteiger partial charge < -0.3 is 15.5 Å². The number of carboxylic acid groups (broad SMARTS) is 1. The van der Waals surface area contributed by atoms with Crippen molar-refractivity contribution >= 4 is 17.7 Å². The lowest BCUT2D eigenvalue weighted by atomic mass is 10.2. The number of urea groups is 1. The van der Waals surface area contributed by atoms with Gasteiger partial charge in [0.1, 0.15) is 5.75 Å². The zero-order valence-corrected chi connectivity index (χ0v) is 10.8. The lowest BCUT2D eigenvalue weighted by Gasteiger charge is -2.21. The summed E-state index contributed by atoms with van der Waals surface area (Å²) in [6, 6.07) is 6.10. The number of carbonyl (C=O) groups is 2. The van der Waals surface area contributed by atoms with Gasteiger partial charge in [-0.3, -0.25) is 9.69 Å². The summed E-state index contributed by atoms with van der Waals surface area (Å²) >= 11 is 0. The average Bonchev–Trinajstić information content (AvgIpc) is 2.35. The fraction of sp³-hybridized carbons (Fsp3) is 0.385. The molecule has 19 heavy (non-hydrogen) atoms. The molecular weight excluding hydrogens is 248 g/mol. The Kier molecular flexibility index (Phi) is 5.66. The molecule has 104 valence electrons. The molecule has 0 aromatic heterocycles. The number of aromatic hydroxyl groups is 1. The molecule has 3 N–H and O–H groups in total. The Balaban J connectivity index is 2.55. The van der Waals surface area contributed by atoms with E-state index in [0.29, 0.717) is 25.2 Å². The van der Waals surface area contributed by atoms with Crippen LogP contribution in [0, 0.1) is 0 Å². The van der Waals surface area contributed by atoms with E-state index in [1.165, 1.54) is 17.0 Å². The molecule has 0 saturated heterocycles. The quantitative estimate of drug-likeness (QED) is 0.685. The number of benzene rings is 1. The van der Waals surface area contributed by atoms with Crippen LogP contribution in [0.1, 0.15) is 19.8 Å². The molecule has 0 aliphatic heterocycles. The highest BCUT2D eigenvalue weighted by Gasteiger charge is 2.13. The van der Waals surface area contributed by atoms with E-state index in [-0.39, 0.29) is 18.2 Å². The van der Waals surface area contributed by atoms with Crippen LogP contribution >= 0.6 is 0 Å². The summed E-state index contributed by atoms with van der Waals surface area (Å²) in [4.78, 5) is 23.7. The monoisotopic (exact) mass is 266 g/mol. The van der Waals surface area contributed by atoms with Gasteiger partial charge in [0.15, 0.2) is 0 Å². The highest BCUT2D eigenvalue weighted by atomic mass is 16.4. The topological polar surface area (TPSA) is 89.9 Å². The van der Waals surface area contributed by atoms with Gasteiger partial charge in [-0.1, -0.05) is 6.07 Å². The van der Waals surface area contributed by atoms with Gasteiger partial charge in [-0.15, -0.1) is 0 Å². The molecule has 0 atom stereocenters. The summed E-state index contributed by atoms with van der Waals surface area (Å²) in [5, 5.41) is 20.5. The van der Waals surface area contributed by atoms with E-state index in [2.05, 4.69) is 5.32 Å². The summed E-state index contributed by atoms with van der Waals surface area (Å²) in [6.07, 6.45) is 0.414. The number of carboxylic acids is 1. The number of hydrogen-bond acceptors (Lipinski definition) is 3. The van der Waals surface area contributed by atoms with Gasteiger partial charge in [0.2, 0.25) is 0 Å². The smallest absolute Gasteiger partial charge is 0.321 e. The number of hydrogen-bond donors (Lipinski definition) is 3. The van der Waals surface area contributed by atoms with Gasteiger partial charge in [-0.2, -0.15) is 0 Å². The number of amides is 2. The minimum atomic E-state index is -0.880. The number of nitrogens with one attached hydrogen (secondary N) is 1. The van der Waals surface area contributed by atoms with Crippen molar-refractivity contribution in [3.8, 4) is 5.75 Å². The first-order valence-electron chi connectivity index (χ1n) is 6.10. The number of phenolic OH excluding ortho intramolecular Hbond substituents is 1. The first kappa shape index (κ1) is 14.8. The molecule has 1 rings (SSSR count). The van der Waals surface area contributed by atoms with Crippen LogP contribution in [-0.4, -0.2) is 35.3 Å². The summed E-state index contributed by atoms with van der Waals surface area (Å²) < 4.78 is 0. The Morgan fingerprint density at radius 3 is 2.68 bits per heavy atom. The van der Waals surface area contributed by atoms with E-state index in [1.54, 1.807) is 12.1 Å². The molecule has 0 fully saturated rings. The fourth-order valence-electron chi connectivity index (χ4n) is 1.63. The van der Waals surface area contributed by atoms with E-state index in [1.807, 2.05) is 6.92 Å². The zero-order chi connectivity index (χ0) is 14.3. The van der Waals surface area contributed by atoms with Crippen LogP contribution < -0.4 is 10.2 Å². The van der Waals surface area contributed by atoms with Gasteiger partial charge >= 0.3 is 12.0 Å². The van der Waals surface area contributed by atoms with Gasteiger partial charge in [0.25, 0.3) is 0 Å². The normalized spacial score (nSPS) is 9.95. The second kappa shape index (κ2) is 7.25. The van der Waals surface area contributed by atoms with Crippen molar-refractivity contribution in [1.29, 1.82) is 0 Å². The van der Waals surface area contributed by atoms with Crippen molar-refractivity contribution in [2.45, 2.75) is 19.8 Å². The predicted octanol–water partition coefficient (Wildman–Crippen LogP) is 1.79. The molecule has 0 radical (unpaired) electrons. The maximum Gasteiger partial charge on any atom is 0.321 e. The van der Waals surface area contributed by atoms with Gasteiger partial charge in [-0.25, -0.2) is 4.79 Å². The molecule has 0 heterocycles. The second-order valence-corrected chi connectivity index (χ2v) is 3.99. The highest BCUT2D eigenvalue weighted by Crippen LogP contribution is 2.19. The van der Waals surface area contributed by atoms with E-state index in [9.17, 15) is 14.7 Å². The maximum absolute atomic E-state index is 11.9. The molecule has 0 aliphatic rings. The molecule has 6 heteroatoms. The van der Waals surface area contributed by atoms with Crippen LogP contribution in [0.2, 0.25) is 0 Å². The molecule has 1 aromatic carbocycles. The third-order valence-electron chi connectivity index (χ3n) is 2.55. The SMILES string of the molecule is CCN(C(=O)NCCCC(=O)O)c1cccc(O)c1. The predicted molar refractivity (Wildman–Crippen MR) is 71.4 cm³/mol. The standard InChI is InChI=1S/C13H18N2O4/c1-2-15(10-5-3-6-11(16)9-10)13(19)14-8-4-7-12(17)18/h3,5-6,9,16H,2,4,7-8H2,1H3,(H,14,19)(H,17,18). The van der Waals surface area contributed by atoms with Crippen LogP contribution in [0.4, 0.5) is 10.5 Å². The molecular formula is C13H18N2O4. The summed E-state index contributed by atoms with van der Waals surface area (Å²) in [6.45, 7) is 2.58. The van der Waals surface area contributed by atoms with E-state index < -0.39 is 5.97 Å². The number of nitrogens with zero attached hydrogens (tertiary/aromatic N) is 1. The Bertz CT molecular complexity index is 448. The van der Waals surface area contributed by atoms with Crippen molar-refractivity contribution in [3.63, 3.8) is 0 Å². The van der Waals surface area contributed by atoms with E-state index >= 15 is 0 Å². The van der Waals surface area contributed by atoms with Crippen LogP contribution in [0.15, 0.2) is 24.3 Å². The minimum absolute atomic E-state index is 0.0263. The number of rotatable bonds is 6. The molecule has 0 saturated carbocycles. The highest BCUT2D eigenvalue weighted by molar-refractivity contribution is 5.92. The minimum Gasteiger partial charge on any atom is -0.508 e. The van der Waals surface area contributed by atoms with E-state index in [0.717, 1.165) is 0 Å². The third-order valence-corrected chi connectivity index (χ3v) is 2.55. The number of aliphatic carboxylic acids is 1. The molecule has 0 aliphatic carbocycles. The van der Waals surface area contributed by atoms with Crippen molar-refractivity contribution in [3.05, 3.63) is 24.3 Å². The van der Waals surface area contributed by atoms with Crippen molar-refractivity contribution < 1.29 is 19.8 Å². The largest absolute Gasteiger partial charge is 0.508 e. The summed E-state index contributed by atoms with van der Waals surface area (Å²) in [5.41, 5.74) is 0.596. The van der Waals surface area contributed by atoms with Crippen molar-refractivity contribution in [2.75, 3.05) is 18.0 Å². The molecule has 2 amide bonds. The van der Waals surface area contributed by atoms with Crippen molar-refractivity contribution in [2.24, 2.45) is 0 Å². The molecule has 0 bridgehead atoms. The van der Waals surface area contributed by atoms with Crippen LogP contribution in [0.5, 0.6) is 5.75 Å². The molecule has 0 unspecified atom stereocenters.